The highest BCUT2D eigenvalue weighted by Crippen LogP contribution is 2.26. The van der Waals surface area contributed by atoms with Gasteiger partial charge in [0.15, 0.2) is 0 Å². The third kappa shape index (κ3) is 3.28. The third-order valence-electron chi connectivity index (χ3n) is 3.39. The predicted molar refractivity (Wildman–Crippen MR) is 87.6 cm³/mol. The number of aromatic nitrogens is 2. The molecule has 2 heterocycles. The van der Waals surface area contributed by atoms with Gasteiger partial charge in [0.25, 0.3) is 5.56 Å². The van der Waals surface area contributed by atoms with Crippen molar-refractivity contribution in [2.45, 2.75) is 20.8 Å². The summed E-state index contributed by atoms with van der Waals surface area (Å²) in [6.45, 7) is 6.14. The first-order valence-corrected chi connectivity index (χ1v) is 7.00. The van der Waals surface area contributed by atoms with Gasteiger partial charge in [-0.05, 0) is 44.7 Å². The van der Waals surface area contributed by atoms with E-state index < -0.39 is 0 Å². The summed E-state index contributed by atoms with van der Waals surface area (Å²) in [6.07, 6.45) is 6.86. The summed E-state index contributed by atoms with van der Waals surface area (Å²) in [5.41, 5.74) is 9.23. The van der Waals surface area contributed by atoms with E-state index in [1.807, 2.05) is 26.8 Å². The number of rotatable bonds is 5. The van der Waals surface area contributed by atoms with E-state index in [1.165, 1.54) is 6.20 Å². The van der Waals surface area contributed by atoms with Gasteiger partial charge >= 0.3 is 0 Å². The molecule has 0 spiro atoms. The first-order valence-electron chi connectivity index (χ1n) is 7.00. The van der Waals surface area contributed by atoms with Crippen LogP contribution < -0.4 is 16.6 Å². The molecule has 22 heavy (non-hydrogen) atoms. The van der Waals surface area contributed by atoms with E-state index in [-0.39, 0.29) is 5.56 Å². The Morgan fingerprint density at radius 2 is 2.27 bits per heavy atom. The normalized spacial score (nSPS) is 12.0. The van der Waals surface area contributed by atoms with Crippen LogP contribution in [-0.4, -0.2) is 16.7 Å². The maximum atomic E-state index is 12.0. The van der Waals surface area contributed by atoms with Crippen molar-refractivity contribution in [3.63, 3.8) is 0 Å². The number of nitrogens with one attached hydrogen (secondary N) is 2. The lowest BCUT2D eigenvalue weighted by Crippen LogP contribution is -2.15. The van der Waals surface area contributed by atoms with Crippen LogP contribution in [0, 0.1) is 13.8 Å². The largest absolute Gasteiger partial charge is 0.405 e. The highest BCUT2D eigenvalue weighted by molar-refractivity contribution is 5.70. The lowest BCUT2D eigenvalue weighted by Gasteiger charge is -2.08. The van der Waals surface area contributed by atoms with Gasteiger partial charge in [-0.2, -0.15) is 0 Å². The molecule has 0 saturated carbocycles. The molecule has 0 aliphatic rings. The fourth-order valence-electron chi connectivity index (χ4n) is 2.23. The lowest BCUT2D eigenvalue weighted by molar-refractivity contribution is 0.393. The van der Waals surface area contributed by atoms with Crippen molar-refractivity contribution in [2.75, 3.05) is 11.9 Å². The SMILES string of the molecule is C/C=C(\C=C/N)CNc1cc(-c2c(C)noc2C)c[nH]c1=O. The van der Waals surface area contributed by atoms with Crippen LogP contribution in [0.25, 0.3) is 11.1 Å². The van der Waals surface area contributed by atoms with E-state index in [0.29, 0.717) is 12.2 Å². The summed E-state index contributed by atoms with van der Waals surface area (Å²) in [7, 11) is 0. The second-order valence-corrected chi connectivity index (χ2v) is 4.91. The molecule has 116 valence electrons. The molecule has 6 nitrogen and oxygen atoms in total. The van der Waals surface area contributed by atoms with Crippen molar-refractivity contribution in [2.24, 2.45) is 5.73 Å². The average molecular weight is 300 g/mol. The Morgan fingerprint density at radius 1 is 1.50 bits per heavy atom. The minimum absolute atomic E-state index is 0.178. The van der Waals surface area contributed by atoms with Crippen LogP contribution in [-0.2, 0) is 0 Å². The summed E-state index contributed by atoms with van der Waals surface area (Å²) in [5.74, 6) is 0.718. The molecule has 6 heteroatoms. The van der Waals surface area contributed by atoms with Crippen LogP contribution >= 0.6 is 0 Å². The number of anilines is 1. The van der Waals surface area contributed by atoms with Crippen LogP contribution in [0.3, 0.4) is 0 Å². The molecule has 0 aromatic carbocycles. The number of allylic oxidation sites excluding steroid dienone is 1. The molecule has 0 unspecified atom stereocenters. The molecule has 0 aliphatic heterocycles. The molecule has 0 radical (unpaired) electrons. The van der Waals surface area contributed by atoms with Crippen molar-refractivity contribution < 1.29 is 4.52 Å². The second-order valence-electron chi connectivity index (χ2n) is 4.91. The third-order valence-corrected chi connectivity index (χ3v) is 3.39. The van der Waals surface area contributed by atoms with Gasteiger partial charge in [-0.15, -0.1) is 0 Å². The standard InChI is InChI=1S/C16H20N4O2/c1-4-12(5-6-17)8-18-14-7-13(9-19-16(14)21)15-10(2)20-22-11(15)3/h4-7,9,18H,8,17H2,1-3H3,(H,19,21)/b6-5-,12-4+. The number of aryl methyl sites for hydroxylation is 2. The van der Waals surface area contributed by atoms with E-state index in [0.717, 1.165) is 28.2 Å². The monoisotopic (exact) mass is 300 g/mol. The van der Waals surface area contributed by atoms with E-state index in [1.54, 1.807) is 18.3 Å². The number of H-pyrrole nitrogens is 1. The fraction of sp³-hybridized carbons (Fsp3) is 0.250. The maximum Gasteiger partial charge on any atom is 0.271 e. The van der Waals surface area contributed by atoms with Gasteiger partial charge in [-0.1, -0.05) is 11.2 Å². The maximum absolute atomic E-state index is 12.0. The van der Waals surface area contributed by atoms with E-state index in [4.69, 9.17) is 10.3 Å². The molecular weight excluding hydrogens is 280 g/mol. The van der Waals surface area contributed by atoms with E-state index in [2.05, 4.69) is 15.5 Å². The Kier molecular flexibility index (Phi) is 4.83. The molecule has 0 aliphatic carbocycles. The number of hydrogen-bond acceptors (Lipinski definition) is 5. The molecule has 0 saturated heterocycles. The second kappa shape index (κ2) is 6.80. The highest BCUT2D eigenvalue weighted by atomic mass is 16.5. The highest BCUT2D eigenvalue weighted by Gasteiger charge is 2.13. The summed E-state index contributed by atoms with van der Waals surface area (Å²) in [4.78, 5) is 14.7. The first-order chi connectivity index (χ1) is 10.6. The predicted octanol–water partition coefficient (Wildman–Crippen LogP) is 2.48. The first kappa shape index (κ1) is 15.6. The van der Waals surface area contributed by atoms with Gasteiger partial charge in [-0.25, -0.2) is 0 Å². The number of aromatic amines is 1. The Bertz CT molecular complexity index is 749. The molecule has 2 rings (SSSR count). The molecule has 0 fully saturated rings. The topological polar surface area (TPSA) is 96.9 Å². The van der Waals surface area contributed by atoms with Crippen molar-refractivity contribution >= 4 is 5.69 Å². The van der Waals surface area contributed by atoms with Gasteiger partial charge in [0.1, 0.15) is 11.4 Å². The Morgan fingerprint density at radius 3 is 2.86 bits per heavy atom. The Hall–Kier alpha value is -2.76. The van der Waals surface area contributed by atoms with Gasteiger partial charge in [0, 0.05) is 23.9 Å². The summed E-state index contributed by atoms with van der Waals surface area (Å²) in [5, 5.41) is 7.06. The van der Waals surface area contributed by atoms with Gasteiger partial charge in [0.05, 0.1) is 5.69 Å². The van der Waals surface area contributed by atoms with E-state index in [9.17, 15) is 4.79 Å². The average Bonchev–Trinajstić information content (AvgIpc) is 2.84. The van der Waals surface area contributed by atoms with Gasteiger partial charge in [0.2, 0.25) is 0 Å². The Balaban J connectivity index is 2.30. The number of hydrogen-bond donors (Lipinski definition) is 3. The van der Waals surface area contributed by atoms with Crippen LogP contribution in [0.2, 0.25) is 0 Å². The van der Waals surface area contributed by atoms with Crippen molar-refractivity contribution in [3.8, 4) is 11.1 Å². The van der Waals surface area contributed by atoms with Crippen LogP contribution in [0.15, 0.2) is 45.5 Å². The van der Waals surface area contributed by atoms with Gasteiger partial charge in [-0.3, -0.25) is 4.79 Å². The summed E-state index contributed by atoms with van der Waals surface area (Å²) in [6, 6.07) is 1.80. The minimum atomic E-state index is -0.178. The summed E-state index contributed by atoms with van der Waals surface area (Å²) >= 11 is 0. The minimum Gasteiger partial charge on any atom is -0.405 e. The molecule has 0 bridgehead atoms. The smallest absolute Gasteiger partial charge is 0.271 e. The van der Waals surface area contributed by atoms with Crippen molar-refractivity contribution in [1.82, 2.24) is 10.1 Å². The molecule has 4 N–H and O–H groups in total. The Labute approximate surface area is 128 Å². The van der Waals surface area contributed by atoms with Crippen LogP contribution in [0.1, 0.15) is 18.4 Å². The number of nitrogens with zero attached hydrogens (tertiary/aromatic N) is 1. The molecule has 0 atom stereocenters. The van der Waals surface area contributed by atoms with Gasteiger partial charge < -0.3 is 20.6 Å². The quantitative estimate of drug-likeness (QED) is 0.737. The van der Waals surface area contributed by atoms with Crippen LogP contribution in [0.4, 0.5) is 5.69 Å². The molecule has 0 amide bonds. The summed E-state index contributed by atoms with van der Waals surface area (Å²) < 4.78 is 5.17. The zero-order valence-corrected chi connectivity index (χ0v) is 12.9. The number of nitrogens with two attached hydrogens (primary N) is 1. The molecule has 2 aromatic rings. The zero-order chi connectivity index (χ0) is 16.1. The van der Waals surface area contributed by atoms with Crippen molar-refractivity contribution in [1.29, 1.82) is 0 Å². The fourth-order valence-corrected chi connectivity index (χ4v) is 2.23. The lowest BCUT2D eigenvalue weighted by atomic mass is 10.1. The van der Waals surface area contributed by atoms with Crippen molar-refractivity contribution in [3.05, 3.63) is 58.0 Å². The number of pyridine rings is 1. The molecule has 2 aromatic heterocycles. The van der Waals surface area contributed by atoms with E-state index >= 15 is 0 Å². The zero-order valence-electron chi connectivity index (χ0n) is 12.9. The molecular formula is C16H20N4O2. The van der Waals surface area contributed by atoms with Crippen LogP contribution in [0.5, 0.6) is 0 Å².